The van der Waals surface area contributed by atoms with E-state index in [-0.39, 0.29) is 22.8 Å². The van der Waals surface area contributed by atoms with Crippen LogP contribution < -0.4 is 9.88 Å². The molecule has 0 spiro atoms. The number of nitro benzene ring substituents is 1. The van der Waals surface area contributed by atoms with Gasteiger partial charge in [0.15, 0.2) is 5.75 Å². The van der Waals surface area contributed by atoms with E-state index >= 15 is 0 Å². The van der Waals surface area contributed by atoms with Crippen LogP contribution in [-0.4, -0.2) is 19.9 Å². The second kappa shape index (κ2) is 5.68. The van der Waals surface area contributed by atoms with Crippen molar-refractivity contribution in [1.29, 1.82) is 0 Å². The fourth-order valence-electron chi connectivity index (χ4n) is 1.37. The van der Waals surface area contributed by atoms with Gasteiger partial charge in [0.05, 0.1) is 9.82 Å². The van der Waals surface area contributed by atoms with Gasteiger partial charge in [-0.1, -0.05) is 22.5 Å². The topological polar surface area (TPSA) is 113 Å². The Morgan fingerprint density at radius 2 is 2.16 bits per heavy atom. The largest absolute Gasteiger partial charge is 0.481 e. The molecule has 0 heterocycles. The first-order valence-corrected chi connectivity index (χ1v) is 7.24. The van der Waals surface area contributed by atoms with Crippen LogP contribution in [0.25, 0.3) is 0 Å². The Kier molecular flexibility index (Phi) is 4.66. The fourth-order valence-corrected chi connectivity index (χ4v) is 2.27. The van der Waals surface area contributed by atoms with Gasteiger partial charge in [-0.05, 0) is 18.6 Å². The fraction of sp³-hybridized carbons (Fsp3) is 0.200. The molecule has 19 heavy (non-hydrogen) atoms. The zero-order valence-corrected chi connectivity index (χ0v) is 12.3. The van der Waals surface area contributed by atoms with Gasteiger partial charge in [0.2, 0.25) is 10.0 Å². The number of sulfonamides is 1. The summed E-state index contributed by atoms with van der Waals surface area (Å²) in [6.45, 7) is 5.02. The van der Waals surface area contributed by atoms with Crippen LogP contribution in [0.1, 0.15) is 5.56 Å². The SMILES string of the molecule is C=C(Br)COc1cc(C)c(S(N)(=O)=O)cc1[N+](=O)[O-]. The van der Waals surface area contributed by atoms with Crippen molar-refractivity contribution in [2.24, 2.45) is 5.14 Å². The second-order valence-corrected chi connectivity index (χ2v) is 6.34. The highest BCUT2D eigenvalue weighted by Gasteiger charge is 2.22. The molecule has 9 heteroatoms. The molecular weight excluding hydrogens is 340 g/mol. The highest BCUT2D eigenvalue weighted by atomic mass is 79.9. The van der Waals surface area contributed by atoms with E-state index in [0.717, 1.165) is 6.07 Å². The van der Waals surface area contributed by atoms with Crippen LogP contribution in [0.15, 0.2) is 28.1 Å². The summed E-state index contributed by atoms with van der Waals surface area (Å²) in [4.78, 5) is 9.88. The van der Waals surface area contributed by atoms with E-state index in [0.29, 0.717) is 4.48 Å². The number of nitrogens with zero attached hydrogens (tertiary/aromatic N) is 1. The van der Waals surface area contributed by atoms with Crippen LogP contribution in [0.5, 0.6) is 5.75 Å². The zero-order valence-electron chi connectivity index (χ0n) is 9.92. The Balaban J connectivity index is 3.38. The van der Waals surface area contributed by atoms with Gasteiger partial charge in [-0.2, -0.15) is 0 Å². The van der Waals surface area contributed by atoms with Crippen LogP contribution in [0, 0.1) is 17.0 Å². The van der Waals surface area contributed by atoms with E-state index < -0.39 is 20.6 Å². The van der Waals surface area contributed by atoms with E-state index in [1.807, 2.05) is 0 Å². The molecule has 0 aromatic heterocycles. The van der Waals surface area contributed by atoms with E-state index in [2.05, 4.69) is 22.5 Å². The lowest BCUT2D eigenvalue weighted by Crippen LogP contribution is -2.14. The number of ether oxygens (including phenoxy) is 1. The van der Waals surface area contributed by atoms with Gasteiger partial charge in [0.25, 0.3) is 0 Å². The Bertz CT molecular complexity index is 642. The van der Waals surface area contributed by atoms with Crippen molar-refractivity contribution >= 4 is 31.6 Å². The number of benzene rings is 1. The lowest BCUT2D eigenvalue weighted by atomic mass is 10.2. The second-order valence-electron chi connectivity index (χ2n) is 3.69. The molecule has 1 aromatic rings. The molecule has 0 saturated carbocycles. The first-order valence-electron chi connectivity index (χ1n) is 4.91. The minimum Gasteiger partial charge on any atom is -0.481 e. The highest BCUT2D eigenvalue weighted by Crippen LogP contribution is 2.32. The molecule has 7 nitrogen and oxygen atoms in total. The van der Waals surface area contributed by atoms with Crippen molar-refractivity contribution in [3.8, 4) is 5.75 Å². The van der Waals surface area contributed by atoms with E-state index in [1.165, 1.54) is 13.0 Å². The molecule has 104 valence electrons. The Morgan fingerprint density at radius 1 is 1.58 bits per heavy atom. The summed E-state index contributed by atoms with van der Waals surface area (Å²) in [6.07, 6.45) is 0. The van der Waals surface area contributed by atoms with Gasteiger partial charge in [0.1, 0.15) is 6.61 Å². The standard InChI is InChI=1S/C10H11BrN2O5S/c1-6-3-9(18-5-7(2)11)8(13(14)15)4-10(6)19(12,16)17/h3-4H,2,5H2,1H3,(H2,12,16,17). The molecule has 2 N–H and O–H groups in total. The maximum absolute atomic E-state index is 11.3. The number of hydrogen-bond acceptors (Lipinski definition) is 5. The van der Waals surface area contributed by atoms with Crippen molar-refractivity contribution in [3.05, 3.63) is 38.9 Å². The molecule has 0 atom stereocenters. The van der Waals surface area contributed by atoms with Crippen molar-refractivity contribution in [3.63, 3.8) is 0 Å². The molecule has 0 aliphatic heterocycles. The quantitative estimate of drug-likeness (QED) is 0.642. The summed E-state index contributed by atoms with van der Waals surface area (Å²) in [5.41, 5.74) is -0.202. The smallest absolute Gasteiger partial charge is 0.312 e. The third-order valence-electron chi connectivity index (χ3n) is 2.14. The monoisotopic (exact) mass is 350 g/mol. The van der Waals surface area contributed by atoms with E-state index in [4.69, 9.17) is 9.88 Å². The predicted molar refractivity (Wildman–Crippen MR) is 72.8 cm³/mol. The Hall–Kier alpha value is -1.45. The first kappa shape index (κ1) is 15.6. The van der Waals surface area contributed by atoms with Crippen molar-refractivity contribution < 1.29 is 18.1 Å². The predicted octanol–water partition coefficient (Wildman–Crippen LogP) is 1.84. The maximum atomic E-state index is 11.3. The van der Waals surface area contributed by atoms with Crippen LogP contribution in [0.3, 0.4) is 0 Å². The number of primary sulfonamides is 1. The molecule has 0 amide bonds. The molecule has 0 bridgehead atoms. The summed E-state index contributed by atoms with van der Waals surface area (Å²) in [7, 11) is -4.02. The molecular formula is C10H11BrN2O5S. The normalized spacial score (nSPS) is 11.1. The van der Waals surface area contributed by atoms with Crippen LogP contribution in [-0.2, 0) is 10.0 Å². The number of nitrogens with two attached hydrogens (primary N) is 1. The van der Waals surface area contributed by atoms with Gasteiger partial charge in [0, 0.05) is 10.5 Å². The number of hydrogen-bond donors (Lipinski definition) is 1. The summed E-state index contributed by atoms with van der Waals surface area (Å²) in [5.74, 6) is -0.0458. The molecule has 1 rings (SSSR count). The van der Waals surface area contributed by atoms with Gasteiger partial charge in [-0.15, -0.1) is 0 Å². The summed E-state index contributed by atoms with van der Waals surface area (Å²) in [6, 6.07) is 2.14. The number of aryl methyl sites for hydroxylation is 1. The molecule has 1 aromatic carbocycles. The third-order valence-corrected chi connectivity index (χ3v) is 3.43. The Morgan fingerprint density at radius 3 is 2.58 bits per heavy atom. The summed E-state index contributed by atoms with van der Waals surface area (Å²) in [5, 5.41) is 15.9. The van der Waals surface area contributed by atoms with Gasteiger partial charge in [-0.3, -0.25) is 10.1 Å². The summed E-state index contributed by atoms with van der Waals surface area (Å²) >= 11 is 3.05. The molecule has 0 fully saturated rings. The highest BCUT2D eigenvalue weighted by molar-refractivity contribution is 9.11. The third kappa shape index (κ3) is 4.01. The van der Waals surface area contributed by atoms with Crippen molar-refractivity contribution in [2.75, 3.05) is 6.61 Å². The van der Waals surface area contributed by atoms with Crippen molar-refractivity contribution in [2.45, 2.75) is 11.8 Å². The van der Waals surface area contributed by atoms with Crippen LogP contribution in [0.2, 0.25) is 0 Å². The number of rotatable bonds is 5. The molecule has 0 unspecified atom stereocenters. The van der Waals surface area contributed by atoms with E-state index in [1.54, 1.807) is 0 Å². The number of halogens is 1. The average Bonchev–Trinajstić information content (AvgIpc) is 2.23. The van der Waals surface area contributed by atoms with Crippen molar-refractivity contribution in [1.82, 2.24) is 0 Å². The molecule has 0 aliphatic rings. The lowest BCUT2D eigenvalue weighted by molar-refractivity contribution is -0.386. The summed E-state index contributed by atoms with van der Waals surface area (Å²) < 4.78 is 28.3. The van der Waals surface area contributed by atoms with Gasteiger partial charge >= 0.3 is 5.69 Å². The molecule has 0 radical (unpaired) electrons. The van der Waals surface area contributed by atoms with E-state index in [9.17, 15) is 18.5 Å². The average molecular weight is 351 g/mol. The van der Waals surface area contributed by atoms with Crippen LogP contribution >= 0.6 is 15.9 Å². The van der Waals surface area contributed by atoms with Gasteiger partial charge in [-0.25, -0.2) is 13.6 Å². The maximum Gasteiger partial charge on any atom is 0.312 e. The molecule has 0 saturated heterocycles. The van der Waals surface area contributed by atoms with Crippen LogP contribution in [0.4, 0.5) is 5.69 Å². The minimum atomic E-state index is -4.02. The Labute approximate surface area is 118 Å². The molecule has 0 aliphatic carbocycles. The zero-order chi connectivity index (χ0) is 14.8. The first-order chi connectivity index (χ1) is 8.62. The number of nitro groups is 1. The van der Waals surface area contributed by atoms with Gasteiger partial charge < -0.3 is 4.74 Å². The minimum absolute atomic E-state index is 0.0228. The lowest BCUT2D eigenvalue weighted by Gasteiger charge is -2.09.